The Bertz CT molecular complexity index is 486. The van der Waals surface area contributed by atoms with Crippen LogP contribution in [0.15, 0.2) is 12.1 Å². The third kappa shape index (κ3) is 3.29. The van der Waals surface area contributed by atoms with Crippen molar-refractivity contribution in [3.63, 3.8) is 0 Å². The predicted molar refractivity (Wildman–Crippen MR) is 78.4 cm³/mol. The number of Topliss-reactive ketones (excluding diaryl/α,β-unsaturated/α-hetero) is 1. The molecule has 1 fully saturated rings. The Morgan fingerprint density at radius 1 is 1.19 bits per heavy atom. The van der Waals surface area contributed by atoms with Crippen molar-refractivity contribution in [3.05, 3.63) is 17.7 Å². The zero-order valence-electron chi connectivity index (χ0n) is 13.0. The Hall–Kier alpha value is -1.75. The number of methoxy groups -OCH3 is 2. The van der Waals surface area contributed by atoms with Crippen LogP contribution in [0, 0.1) is 6.92 Å². The zero-order valence-corrected chi connectivity index (χ0v) is 13.0. The van der Waals surface area contributed by atoms with Crippen molar-refractivity contribution < 1.29 is 23.7 Å². The zero-order chi connectivity index (χ0) is 15.4. The van der Waals surface area contributed by atoms with Gasteiger partial charge in [-0.05, 0) is 31.0 Å². The third-order valence-electron chi connectivity index (χ3n) is 3.43. The van der Waals surface area contributed by atoms with E-state index in [0.717, 1.165) is 12.0 Å². The molecule has 0 aliphatic heterocycles. The van der Waals surface area contributed by atoms with Gasteiger partial charge in [-0.25, -0.2) is 0 Å². The molecule has 116 valence electrons. The molecular formula is C16H22O5. The summed E-state index contributed by atoms with van der Waals surface area (Å²) in [6, 6.07) is 3.75. The highest BCUT2D eigenvalue weighted by molar-refractivity contribution is 5.90. The van der Waals surface area contributed by atoms with Crippen molar-refractivity contribution in [2.45, 2.75) is 38.9 Å². The van der Waals surface area contributed by atoms with Gasteiger partial charge < -0.3 is 18.9 Å². The molecule has 0 N–H and O–H groups in total. The highest BCUT2D eigenvalue weighted by Gasteiger charge is 2.43. The first-order valence-electron chi connectivity index (χ1n) is 7.14. The van der Waals surface area contributed by atoms with E-state index in [1.54, 1.807) is 14.2 Å². The van der Waals surface area contributed by atoms with E-state index in [1.165, 1.54) is 0 Å². The first-order chi connectivity index (χ1) is 10.1. The Kier molecular flexibility index (Phi) is 5.07. The van der Waals surface area contributed by atoms with Gasteiger partial charge in [0.2, 0.25) is 5.75 Å². The lowest BCUT2D eigenvalue weighted by Crippen LogP contribution is -2.52. The van der Waals surface area contributed by atoms with Crippen LogP contribution in [-0.2, 0) is 9.53 Å². The fourth-order valence-electron chi connectivity index (χ4n) is 2.30. The molecule has 1 saturated carbocycles. The summed E-state index contributed by atoms with van der Waals surface area (Å²) in [6.45, 7) is 4.51. The Labute approximate surface area is 125 Å². The molecule has 2 rings (SSSR count). The van der Waals surface area contributed by atoms with E-state index >= 15 is 0 Å². The lowest BCUT2D eigenvalue weighted by atomic mass is 9.90. The van der Waals surface area contributed by atoms with Crippen LogP contribution >= 0.6 is 0 Å². The second-order valence-corrected chi connectivity index (χ2v) is 5.12. The molecule has 0 saturated heterocycles. The number of hydrogen-bond acceptors (Lipinski definition) is 5. The normalized spacial score (nSPS) is 20.9. The first-order valence-corrected chi connectivity index (χ1v) is 7.14. The summed E-state index contributed by atoms with van der Waals surface area (Å²) in [5, 5.41) is 0. The van der Waals surface area contributed by atoms with Crippen molar-refractivity contribution in [2.75, 3.05) is 20.8 Å². The minimum atomic E-state index is -0.485. The van der Waals surface area contributed by atoms with Gasteiger partial charge in [-0.1, -0.05) is 6.92 Å². The molecule has 0 amide bonds. The molecule has 0 spiro atoms. The van der Waals surface area contributed by atoms with Crippen LogP contribution in [0.3, 0.4) is 0 Å². The molecule has 1 aromatic carbocycles. The molecule has 1 aliphatic rings. The maximum Gasteiger partial charge on any atom is 0.203 e. The number of carbonyl (C=O) groups is 1. The van der Waals surface area contributed by atoms with Crippen LogP contribution in [0.5, 0.6) is 17.2 Å². The summed E-state index contributed by atoms with van der Waals surface area (Å²) in [7, 11) is 3.16. The van der Waals surface area contributed by atoms with Gasteiger partial charge in [-0.2, -0.15) is 0 Å². The summed E-state index contributed by atoms with van der Waals surface area (Å²) in [4.78, 5) is 11.6. The van der Waals surface area contributed by atoms with E-state index in [1.807, 2.05) is 26.0 Å². The molecule has 21 heavy (non-hydrogen) atoms. The molecule has 0 heterocycles. The average Bonchev–Trinajstić information content (AvgIpc) is 2.47. The first kappa shape index (κ1) is 15.6. The van der Waals surface area contributed by atoms with Gasteiger partial charge in [0.05, 0.1) is 14.2 Å². The number of benzene rings is 1. The Morgan fingerprint density at radius 2 is 1.81 bits per heavy atom. The number of hydrogen-bond donors (Lipinski definition) is 0. The van der Waals surface area contributed by atoms with Crippen LogP contribution in [-0.4, -0.2) is 38.8 Å². The quantitative estimate of drug-likeness (QED) is 0.773. The molecule has 5 nitrogen and oxygen atoms in total. The molecule has 0 bridgehead atoms. The minimum Gasteiger partial charge on any atom is -0.493 e. The highest BCUT2D eigenvalue weighted by Crippen LogP contribution is 2.41. The summed E-state index contributed by atoms with van der Waals surface area (Å²) < 4.78 is 22.2. The van der Waals surface area contributed by atoms with Crippen molar-refractivity contribution >= 4 is 5.78 Å². The van der Waals surface area contributed by atoms with E-state index in [9.17, 15) is 4.79 Å². The minimum absolute atomic E-state index is 0.0819. The maximum atomic E-state index is 11.6. The highest BCUT2D eigenvalue weighted by atomic mass is 16.6. The van der Waals surface area contributed by atoms with E-state index in [4.69, 9.17) is 18.9 Å². The van der Waals surface area contributed by atoms with E-state index < -0.39 is 6.10 Å². The van der Waals surface area contributed by atoms with Crippen LogP contribution < -0.4 is 14.2 Å². The molecule has 2 unspecified atom stereocenters. The summed E-state index contributed by atoms with van der Waals surface area (Å²) in [6.07, 6.45) is 0.456. The molecule has 0 radical (unpaired) electrons. The van der Waals surface area contributed by atoms with Crippen molar-refractivity contribution in [3.8, 4) is 17.2 Å². The topological polar surface area (TPSA) is 54.0 Å². The number of ketones is 1. The molecule has 2 atom stereocenters. The molecule has 1 aliphatic carbocycles. The van der Waals surface area contributed by atoms with Gasteiger partial charge in [0.15, 0.2) is 23.4 Å². The van der Waals surface area contributed by atoms with Gasteiger partial charge in [0, 0.05) is 13.0 Å². The fourth-order valence-corrected chi connectivity index (χ4v) is 2.30. The molecular weight excluding hydrogens is 272 g/mol. The third-order valence-corrected chi connectivity index (χ3v) is 3.43. The monoisotopic (exact) mass is 294 g/mol. The van der Waals surface area contributed by atoms with Crippen molar-refractivity contribution in [1.82, 2.24) is 0 Å². The predicted octanol–water partition coefficient (Wildman–Crippen LogP) is 2.53. The lowest BCUT2D eigenvalue weighted by Gasteiger charge is -2.35. The van der Waals surface area contributed by atoms with Crippen LogP contribution in [0.25, 0.3) is 0 Å². The van der Waals surface area contributed by atoms with Gasteiger partial charge in [-0.15, -0.1) is 0 Å². The van der Waals surface area contributed by atoms with Crippen LogP contribution in [0.1, 0.15) is 25.3 Å². The fraction of sp³-hybridized carbons (Fsp3) is 0.562. The average molecular weight is 294 g/mol. The SMILES string of the molecule is CCCOC1C(=O)CC1Oc1c(OC)cc(C)cc1OC. The van der Waals surface area contributed by atoms with Gasteiger partial charge in [0.25, 0.3) is 0 Å². The smallest absolute Gasteiger partial charge is 0.203 e. The molecule has 0 aromatic heterocycles. The number of aryl methyl sites for hydroxylation is 1. The second kappa shape index (κ2) is 6.80. The summed E-state index contributed by atoms with van der Waals surface area (Å²) >= 11 is 0. The number of carbonyl (C=O) groups excluding carboxylic acids is 1. The second-order valence-electron chi connectivity index (χ2n) is 5.12. The Morgan fingerprint density at radius 3 is 2.29 bits per heavy atom. The number of ether oxygens (including phenoxy) is 4. The van der Waals surface area contributed by atoms with Gasteiger partial charge in [-0.3, -0.25) is 4.79 Å². The van der Waals surface area contributed by atoms with E-state index in [0.29, 0.717) is 30.3 Å². The molecule has 1 aromatic rings. The van der Waals surface area contributed by atoms with Gasteiger partial charge >= 0.3 is 0 Å². The molecule has 5 heteroatoms. The van der Waals surface area contributed by atoms with Gasteiger partial charge in [0.1, 0.15) is 6.10 Å². The van der Waals surface area contributed by atoms with Crippen molar-refractivity contribution in [2.24, 2.45) is 0 Å². The number of rotatable bonds is 7. The Balaban J connectivity index is 2.17. The van der Waals surface area contributed by atoms with Crippen molar-refractivity contribution in [1.29, 1.82) is 0 Å². The van der Waals surface area contributed by atoms with Crippen LogP contribution in [0.2, 0.25) is 0 Å². The van der Waals surface area contributed by atoms with E-state index in [2.05, 4.69) is 0 Å². The summed E-state index contributed by atoms with van der Waals surface area (Å²) in [5.74, 6) is 1.80. The van der Waals surface area contributed by atoms with Crippen LogP contribution in [0.4, 0.5) is 0 Å². The largest absolute Gasteiger partial charge is 0.493 e. The van der Waals surface area contributed by atoms with E-state index in [-0.39, 0.29) is 11.9 Å². The lowest BCUT2D eigenvalue weighted by molar-refractivity contribution is -0.155. The standard InChI is InChI=1S/C16H22O5/c1-5-6-20-15-11(17)9-14(15)21-16-12(18-3)7-10(2)8-13(16)19-4/h7-8,14-15H,5-6,9H2,1-4H3. The summed E-state index contributed by atoms with van der Waals surface area (Å²) in [5.41, 5.74) is 1.01. The maximum absolute atomic E-state index is 11.6.